The number of pyridine rings is 3. The molecule has 0 amide bonds. The molecule has 3 heterocycles. The molecule has 3 aromatic heterocycles. The van der Waals surface area contributed by atoms with Crippen molar-refractivity contribution in [2.45, 2.75) is 6.42 Å². The van der Waals surface area contributed by atoms with Gasteiger partial charge in [0.15, 0.2) is 5.78 Å². The quantitative estimate of drug-likeness (QED) is 0.528. The molecule has 6 heteroatoms. The molecule has 0 saturated carbocycles. The van der Waals surface area contributed by atoms with Crippen molar-refractivity contribution < 1.29 is 9.53 Å². The summed E-state index contributed by atoms with van der Waals surface area (Å²) in [6.45, 7) is 0. The van der Waals surface area contributed by atoms with Gasteiger partial charge in [0.05, 0.1) is 6.20 Å². The van der Waals surface area contributed by atoms with Gasteiger partial charge in [-0.3, -0.25) is 14.8 Å². The third kappa shape index (κ3) is 4.11. The van der Waals surface area contributed by atoms with E-state index in [0.717, 1.165) is 5.56 Å². The second kappa shape index (κ2) is 6.98. The fraction of sp³-hybridized carbons (Fsp3) is 0.0588. The molecule has 0 atom stereocenters. The molecule has 0 radical (unpaired) electrons. The third-order valence-corrected chi connectivity index (χ3v) is 3.25. The van der Waals surface area contributed by atoms with Crippen LogP contribution in [0, 0.1) is 0 Å². The fourth-order valence-electron chi connectivity index (χ4n) is 2.00. The maximum absolute atomic E-state index is 12.3. The normalized spacial score (nSPS) is 10.3. The van der Waals surface area contributed by atoms with E-state index in [1.165, 1.54) is 0 Å². The van der Waals surface area contributed by atoms with Crippen LogP contribution in [0.4, 0.5) is 0 Å². The zero-order chi connectivity index (χ0) is 16.1. The van der Waals surface area contributed by atoms with Crippen LogP contribution < -0.4 is 4.74 Å². The second-order valence-corrected chi connectivity index (χ2v) is 5.14. The highest BCUT2D eigenvalue weighted by molar-refractivity contribution is 6.29. The highest BCUT2D eigenvalue weighted by Gasteiger charge is 2.11. The molecule has 0 unspecified atom stereocenters. The molecule has 0 aromatic carbocycles. The summed E-state index contributed by atoms with van der Waals surface area (Å²) in [6.07, 6.45) is 6.57. The molecule has 0 saturated heterocycles. The molecule has 0 aliphatic rings. The maximum Gasteiger partial charge on any atom is 0.185 e. The number of rotatable bonds is 5. The molecule has 5 nitrogen and oxygen atoms in total. The van der Waals surface area contributed by atoms with Crippen molar-refractivity contribution in [3.8, 4) is 11.5 Å². The smallest absolute Gasteiger partial charge is 0.185 e. The molecule has 3 rings (SSSR count). The number of ketones is 1. The monoisotopic (exact) mass is 325 g/mol. The molecule has 0 bridgehead atoms. The van der Waals surface area contributed by atoms with Crippen LogP contribution >= 0.6 is 11.6 Å². The number of halogens is 1. The molecule has 23 heavy (non-hydrogen) atoms. The van der Waals surface area contributed by atoms with Crippen LogP contribution in [0.3, 0.4) is 0 Å². The molecule has 114 valence electrons. The Bertz CT molecular complexity index is 825. The van der Waals surface area contributed by atoms with Gasteiger partial charge in [-0.2, -0.15) is 0 Å². The number of Topliss-reactive ketones (excluding diaryl/α,β-unsaturated/α-hetero) is 1. The largest absolute Gasteiger partial charge is 0.456 e. The number of carbonyl (C=O) groups is 1. The summed E-state index contributed by atoms with van der Waals surface area (Å²) in [5.74, 6) is 1.01. The highest BCUT2D eigenvalue weighted by Crippen LogP contribution is 2.21. The average molecular weight is 326 g/mol. The maximum atomic E-state index is 12.3. The van der Waals surface area contributed by atoms with E-state index in [0.29, 0.717) is 22.3 Å². The predicted octanol–water partition coefficient (Wildman–Crippen LogP) is 3.74. The van der Waals surface area contributed by atoms with Crippen LogP contribution in [0.25, 0.3) is 0 Å². The standard InChI is InChI=1S/C17H12ClN3O2/c18-17-9-12(3-6-21-17)8-16(22)15-10-13(4-7-20-15)23-14-2-1-5-19-11-14/h1-7,9-11H,8H2. The van der Waals surface area contributed by atoms with E-state index in [4.69, 9.17) is 16.3 Å². The van der Waals surface area contributed by atoms with E-state index >= 15 is 0 Å². The van der Waals surface area contributed by atoms with Gasteiger partial charge in [-0.05, 0) is 35.9 Å². The summed E-state index contributed by atoms with van der Waals surface area (Å²) in [7, 11) is 0. The molecule has 0 N–H and O–H groups in total. The molecule has 0 aliphatic heterocycles. The number of hydrogen-bond acceptors (Lipinski definition) is 5. The van der Waals surface area contributed by atoms with Crippen molar-refractivity contribution in [2.75, 3.05) is 0 Å². The minimum atomic E-state index is -0.121. The minimum absolute atomic E-state index is 0.121. The number of nitrogens with zero attached hydrogens (tertiary/aromatic N) is 3. The zero-order valence-corrected chi connectivity index (χ0v) is 12.8. The van der Waals surface area contributed by atoms with Crippen molar-refractivity contribution in [3.63, 3.8) is 0 Å². The Morgan fingerprint density at radius 1 is 1.04 bits per heavy atom. The fourth-order valence-corrected chi connectivity index (χ4v) is 2.20. The van der Waals surface area contributed by atoms with Crippen LogP contribution in [0.2, 0.25) is 5.15 Å². The van der Waals surface area contributed by atoms with E-state index < -0.39 is 0 Å². The van der Waals surface area contributed by atoms with E-state index in [-0.39, 0.29) is 12.2 Å². The van der Waals surface area contributed by atoms with Gasteiger partial charge < -0.3 is 4.74 Å². The topological polar surface area (TPSA) is 65.0 Å². The lowest BCUT2D eigenvalue weighted by molar-refractivity contribution is 0.0988. The number of aromatic nitrogens is 3. The first-order valence-electron chi connectivity index (χ1n) is 6.88. The van der Waals surface area contributed by atoms with Gasteiger partial charge in [-0.25, -0.2) is 4.98 Å². The first-order valence-corrected chi connectivity index (χ1v) is 7.26. The van der Waals surface area contributed by atoms with Crippen molar-refractivity contribution in [1.29, 1.82) is 0 Å². The minimum Gasteiger partial charge on any atom is -0.456 e. The zero-order valence-electron chi connectivity index (χ0n) is 12.0. The second-order valence-electron chi connectivity index (χ2n) is 4.75. The predicted molar refractivity (Wildman–Crippen MR) is 85.8 cm³/mol. The average Bonchev–Trinajstić information content (AvgIpc) is 2.56. The van der Waals surface area contributed by atoms with Crippen LogP contribution in [0.5, 0.6) is 11.5 Å². The summed E-state index contributed by atoms with van der Waals surface area (Å²) in [5.41, 5.74) is 1.12. The Morgan fingerprint density at radius 3 is 2.70 bits per heavy atom. The van der Waals surface area contributed by atoms with Crippen molar-refractivity contribution in [3.05, 3.63) is 77.6 Å². The van der Waals surface area contributed by atoms with Crippen LogP contribution in [-0.2, 0) is 6.42 Å². The van der Waals surface area contributed by atoms with Crippen LogP contribution in [0.1, 0.15) is 16.1 Å². The van der Waals surface area contributed by atoms with Gasteiger partial charge in [0.1, 0.15) is 22.3 Å². The van der Waals surface area contributed by atoms with Crippen LogP contribution in [0.15, 0.2) is 61.2 Å². The van der Waals surface area contributed by atoms with Gasteiger partial charge in [0.2, 0.25) is 0 Å². The summed E-state index contributed by atoms with van der Waals surface area (Å²) in [4.78, 5) is 24.3. The lowest BCUT2D eigenvalue weighted by Gasteiger charge is -2.06. The summed E-state index contributed by atoms with van der Waals surface area (Å²) in [6, 6.07) is 10.3. The van der Waals surface area contributed by atoms with Gasteiger partial charge in [-0.1, -0.05) is 11.6 Å². The molecule has 0 fully saturated rings. The van der Waals surface area contributed by atoms with Crippen molar-refractivity contribution >= 4 is 17.4 Å². The lowest BCUT2D eigenvalue weighted by Crippen LogP contribution is -2.06. The summed E-state index contributed by atoms with van der Waals surface area (Å²) < 4.78 is 5.65. The molecule has 0 spiro atoms. The number of carbonyl (C=O) groups excluding carboxylic acids is 1. The van der Waals surface area contributed by atoms with Crippen LogP contribution in [-0.4, -0.2) is 20.7 Å². The first-order chi connectivity index (χ1) is 11.2. The Labute approximate surface area is 138 Å². The molecule has 3 aromatic rings. The Morgan fingerprint density at radius 2 is 1.91 bits per heavy atom. The number of hydrogen-bond donors (Lipinski definition) is 0. The number of ether oxygens (including phenoxy) is 1. The van der Waals surface area contributed by atoms with Crippen molar-refractivity contribution in [1.82, 2.24) is 15.0 Å². The molecule has 0 aliphatic carbocycles. The Kier molecular flexibility index (Phi) is 4.59. The van der Waals surface area contributed by atoms with E-state index in [1.807, 2.05) is 0 Å². The van der Waals surface area contributed by atoms with Gasteiger partial charge >= 0.3 is 0 Å². The van der Waals surface area contributed by atoms with E-state index in [9.17, 15) is 4.79 Å². The third-order valence-electron chi connectivity index (χ3n) is 3.04. The SMILES string of the molecule is O=C(Cc1ccnc(Cl)c1)c1cc(Oc2cccnc2)ccn1. The van der Waals surface area contributed by atoms with E-state index in [2.05, 4.69) is 15.0 Å². The van der Waals surface area contributed by atoms with Gasteiger partial charge in [-0.15, -0.1) is 0 Å². The van der Waals surface area contributed by atoms with E-state index in [1.54, 1.807) is 61.2 Å². The Hall–Kier alpha value is -2.79. The van der Waals surface area contributed by atoms with Gasteiger partial charge in [0.25, 0.3) is 0 Å². The molecular weight excluding hydrogens is 314 g/mol. The van der Waals surface area contributed by atoms with Gasteiger partial charge in [0, 0.05) is 31.1 Å². The Balaban J connectivity index is 1.75. The summed E-state index contributed by atoms with van der Waals surface area (Å²) in [5, 5.41) is 0.358. The highest BCUT2D eigenvalue weighted by atomic mass is 35.5. The lowest BCUT2D eigenvalue weighted by atomic mass is 10.1. The summed E-state index contributed by atoms with van der Waals surface area (Å²) >= 11 is 5.83. The molecular formula is C17H12ClN3O2. The van der Waals surface area contributed by atoms with Crippen molar-refractivity contribution in [2.24, 2.45) is 0 Å². The first kappa shape index (κ1) is 15.1.